The molecule has 13 heavy (non-hydrogen) atoms. The van der Waals surface area contributed by atoms with Crippen LogP contribution in [0.25, 0.3) is 0 Å². The van der Waals surface area contributed by atoms with Crippen molar-refractivity contribution in [3.05, 3.63) is 24.3 Å². The SMILES string of the molecule is C=C1COCC1C/C=C/CCCC. The minimum Gasteiger partial charge on any atom is -0.376 e. The van der Waals surface area contributed by atoms with Gasteiger partial charge in [-0.2, -0.15) is 0 Å². The lowest BCUT2D eigenvalue weighted by molar-refractivity contribution is 0.188. The first-order valence-electron chi connectivity index (χ1n) is 5.25. The molecule has 1 rings (SSSR count). The maximum absolute atomic E-state index is 5.31. The minimum atomic E-state index is 0.581. The van der Waals surface area contributed by atoms with Crippen LogP contribution in [0.1, 0.15) is 32.6 Å². The molecular formula is C12H20O. The molecule has 1 heterocycles. The summed E-state index contributed by atoms with van der Waals surface area (Å²) in [5, 5.41) is 0. The predicted octanol–water partition coefficient (Wildman–Crippen LogP) is 3.33. The van der Waals surface area contributed by atoms with Gasteiger partial charge in [-0.15, -0.1) is 0 Å². The third kappa shape index (κ3) is 3.77. The molecule has 1 aliphatic heterocycles. The molecular weight excluding hydrogens is 160 g/mol. The molecule has 1 atom stereocenters. The number of ether oxygens (including phenoxy) is 1. The van der Waals surface area contributed by atoms with Crippen LogP contribution in [0, 0.1) is 5.92 Å². The standard InChI is InChI=1S/C12H20O/c1-3-4-5-6-7-8-12-10-13-9-11(12)2/h6-7,12H,2-5,8-10H2,1H3/b7-6+. The Bertz CT molecular complexity index is 182. The molecule has 1 fully saturated rings. The van der Waals surface area contributed by atoms with E-state index in [1.807, 2.05) is 0 Å². The molecule has 1 unspecified atom stereocenters. The molecule has 0 aliphatic carbocycles. The van der Waals surface area contributed by atoms with Crippen LogP contribution in [0.4, 0.5) is 0 Å². The maximum atomic E-state index is 5.31. The summed E-state index contributed by atoms with van der Waals surface area (Å²) < 4.78 is 5.31. The van der Waals surface area contributed by atoms with Crippen LogP contribution in [0.3, 0.4) is 0 Å². The lowest BCUT2D eigenvalue weighted by atomic mass is 10.0. The van der Waals surface area contributed by atoms with Gasteiger partial charge in [-0.3, -0.25) is 0 Å². The molecule has 0 spiro atoms. The van der Waals surface area contributed by atoms with Crippen molar-refractivity contribution in [2.75, 3.05) is 13.2 Å². The van der Waals surface area contributed by atoms with E-state index in [2.05, 4.69) is 25.7 Å². The minimum absolute atomic E-state index is 0.581. The summed E-state index contributed by atoms with van der Waals surface area (Å²) in [6, 6.07) is 0. The quantitative estimate of drug-likeness (QED) is 0.466. The maximum Gasteiger partial charge on any atom is 0.0678 e. The topological polar surface area (TPSA) is 9.23 Å². The molecule has 1 saturated heterocycles. The highest BCUT2D eigenvalue weighted by atomic mass is 16.5. The first kappa shape index (κ1) is 10.5. The third-order valence-corrected chi connectivity index (χ3v) is 2.50. The average Bonchev–Trinajstić information content (AvgIpc) is 2.52. The predicted molar refractivity (Wildman–Crippen MR) is 56.7 cm³/mol. The second kappa shape index (κ2) is 5.98. The van der Waals surface area contributed by atoms with E-state index < -0.39 is 0 Å². The fraction of sp³-hybridized carbons (Fsp3) is 0.667. The van der Waals surface area contributed by atoms with Gasteiger partial charge in [0.15, 0.2) is 0 Å². The normalized spacial score (nSPS) is 23.2. The number of hydrogen-bond donors (Lipinski definition) is 0. The van der Waals surface area contributed by atoms with Gasteiger partial charge in [-0.25, -0.2) is 0 Å². The molecule has 1 nitrogen and oxygen atoms in total. The van der Waals surface area contributed by atoms with Gasteiger partial charge in [0.2, 0.25) is 0 Å². The molecule has 0 aromatic heterocycles. The zero-order valence-corrected chi connectivity index (χ0v) is 8.59. The lowest BCUT2D eigenvalue weighted by Crippen LogP contribution is -1.98. The van der Waals surface area contributed by atoms with E-state index in [4.69, 9.17) is 4.74 Å². The summed E-state index contributed by atoms with van der Waals surface area (Å²) in [6.45, 7) is 7.86. The van der Waals surface area contributed by atoms with Crippen LogP contribution < -0.4 is 0 Å². The number of allylic oxidation sites excluding steroid dienone is 2. The third-order valence-electron chi connectivity index (χ3n) is 2.50. The van der Waals surface area contributed by atoms with Crippen LogP contribution in [-0.4, -0.2) is 13.2 Å². The van der Waals surface area contributed by atoms with E-state index in [0.29, 0.717) is 5.92 Å². The Hall–Kier alpha value is -0.560. The summed E-state index contributed by atoms with van der Waals surface area (Å²) in [4.78, 5) is 0. The van der Waals surface area contributed by atoms with E-state index >= 15 is 0 Å². The van der Waals surface area contributed by atoms with Crippen molar-refractivity contribution < 1.29 is 4.74 Å². The summed E-state index contributed by atoms with van der Waals surface area (Å²) >= 11 is 0. The molecule has 0 radical (unpaired) electrons. The van der Waals surface area contributed by atoms with Gasteiger partial charge in [-0.1, -0.05) is 38.5 Å². The van der Waals surface area contributed by atoms with Gasteiger partial charge in [0, 0.05) is 5.92 Å². The number of hydrogen-bond acceptors (Lipinski definition) is 1. The molecule has 0 aromatic rings. The first-order chi connectivity index (χ1) is 6.34. The molecule has 74 valence electrons. The Labute approximate surface area is 81.5 Å². The van der Waals surface area contributed by atoms with Crippen molar-refractivity contribution in [3.63, 3.8) is 0 Å². The first-order valence-corrected chi connectivity index (χ1v) is 5.25. The van der Waals surface area contributed by atoms with Gasteiger partial charge < -0.3 is 4.74 Å². The van der Waals surface area contributed by atoms with E-state index in [1.165, 1.54) is 24.8 Å². The average molecular weight is 180 g/mol. The second-order valence-electron chi connectivity index (χ2n) is 3.72. The number of rotatable bonds is 5. The van der Waals surface area contributed by atoms with Gasteiger partial charge in [0.05, 0.1) is 13.2 Å². The van der Waals surface area contributed by atoms with E-state index in [9.17, 15) is 0 Å². The number of unbranched alkanes of at least 4 members (excludes halogenated alkanes) is 2. The van der Waals surface area contributed by atoms with Crippen molar-refractivity contribution in [2.45, 2.75) is 32.6 Å². The van der Waals surface area contributed by atoms with Crippen LogP contribution >= 0.6 is 0 Å². The van der Waals surface area contributed by atoms with Gasteiger partial charge in [-0.05, 0) is 18.4 Å². The second-order valence-corrected chi connectivity index (χ2v) is 3.72. The molecule has 1 heteroatoms. The fourth-order valence-corrected chi connectivity index (χ4v) is 1.50. The highest BCUT2D eigenvalue weighted by Crippen LogP contribution is 2.21. The van der Waals surface area contributed by atoms with E-state index in [-0.39, 0.29) is 0 Å². The van der Waals surface area contributed by atoms with Gasteiger partial charge in [0.1, 0.15) is 0 Å². The molecule has 0 bridgehead atoms. The molecule has 0 saturated carbocycles. The molecule has 1 aliphatic rings. The largest absolute Gasteiger partial charge is 0.376 e. The van der Waals surface area contributed by atoms with Crippen molar-refractivity contribution in [2.24, 2.45) is 5.92 Å². The zero-order valence-electron chi connectivity index (χ0n) is 8.59. The van der Waals surface area contributed by atoms with Gasteiger partial charge in [0.25, 0.3) is 0 Å². The van der Waals surface area contributed by atoms with Crippen LogP contribution in [0.2, 0.25) is 0 Å². The van der Waals surface area contributed by atoms with E-state index in [0.717, 1.165) is 19.6 Å². The van der Waals surface area contributed by atoms with Crippen molar-refractivity contribution in [1.29, 1.82) is 0 Å². The summed E-state index contributed by atoms with van der Waals surface area (Å²) in [6.07, 6.45) is 9.48. The Morgan fingerprint density at radius 1 is 1.54 bits per heavy atom. The highest BCUT2D eigenvalue weighted by Gasteiger charge is 2.17. The summed E-state index contributed by atoms with van der Waals surface area (Å²) in [5.74, 6) is 0.581. The van der Waals surface area contributed by atoms with Crippen LogP contribution in [-0.2, 0) is 4.74 Å². The summed E-state index contributed by atoms with van der Waals surface area (Å²) in [7, 11) is 0. The van der Waals surface area contributed by atoms with Crippen LogP contribution in [0.15, 0.2) is 24.3 Å². The molecule has 0 N–H and O–H groups in total. The lowest BCUT2D eigenvalue weighted by Gasteiger charge is -2.03. The highest BCUT2D eigenvalue weighted by molar-refractivity contribution is 5.07. The Balaban J connectivity index is 2.10. The Morgan fingerprint density at radius 3 is 3.00 bits per heavy atom. The Morgan fingerprint density at radius 2 is 2.38 bits per heavy atom. The summed E-state index contributed by atoms with van der Waals surface area (Å²) in [5.41, 5.74) is 1.26. The molecule has 0 aromatic carbocycles. The molecule has 0 amide bonds. The van der Waals surface area contributed by atoms with Crippen molar-refractivity contribution >= 4 is 0 Å². The van der Waals surface area contributed by atoms with E-state index in [1.54, 1.807) is 0 Å². The van der Waals surface area contributed by atoms with Gasteiger partial charge >= 0.3 is 0 Å². The van der Waals surface area contributed by atoms with Crippen molar-refractivity contribution in [1.82, 2.24) is 0 Å². The van der Waals surface area contributed by atoms with Crippen LogP contribution in [0.5, 0.6) is 0 Å². The van der Waals surface area contributed by atoms with Crippen molar-refractivity contribution in [3.8, 4) is 0 Å². The monoisotopic (exact) mass is 180 g/mol. The zero-order chi connectivity index (χ0) is 9.52. The Kier molecular flexibility index (Phi) is 4.84. The fourth-order valence-electron chi connectivity index (χ4n) is 1.50. The smallest absolute Gasteiger partial charge is 0.0678 e.